The zero-order chi connectivity index (χ0) is 17.7. The van der Waals surface area contributed by atoms with Gasteiger partial charge in [-0.2, -0.15) is 5.10 Å². The summed E-state index contributed by atoms with van der Waals surface area (Å²) in [5.74, 6) is 2.81. The van der Waals surface area contributed by atoms with E-state index < -0.39 is 0 Å². The number of pyridine rings is 1. The molecule has 1 saturated carbocycles. The fourth-order valence-electron chi connectivity index (χ4n) is 3.53. The van der Waals surface area contributed by atoms with Gasteiger partial charge >= 0.3 is 0 Å². The number of amides is 1. The van der Waals surface area contributed by atoms with Gasteiger partial charge in [0, 0.05) is 54.2 Å². The van der Waals surface area contributed by atoms with Crippen molar-refractivity contribution in [2.45, 2.75) is 32.2 Å². The molecule has 1 aromatic carbocycles. The van der Waals surface area contributed by atoms with Crippen molar-refractivity contribution < 1.29 is 4.79 Å². The van der Waals surface area contributed by atoms with Crippen molar-refractivity contribution in [1.82, 2.24) is 19.7 Å². The van der Waals surface area contributed by atoms with Crippen LogP contribution in [0, 0.1) is 5.92 Å². The van der Waals surface area contributed by atoms with Gasteiger partial charge in [-0.05, 0) is 37.5 Å². The quantitative estimate of drug-likeness (QED) is 0.757. The largest absolute Gasteiger partial charge is 0.373 e. The summed E-state index contributed by atoms with van der Waals surface area (Å²) in [7, 11) is 1.85. The van der Waals surface area contributed by atoms with Gasteiger partial charge in [0.15, 0.2) is 5.82 Å². The maximum absolute atomic E-state index is 12.1. The van der Waals surface area contributed by atoms with Crippen LogP contribution < -0.4 is 10.6 Å². The Labute approximate surface area is 150 Å². The number of anilines is 2. The minimum atomic E-state index is 0.105. The minimum absolute atomic E-state index is 0.105. The zero-order valence-corrected chi connectivity index (χ0v) is 14.6. The molecule has 2 N–H and O–H groups in total. The Balaban J connectivity index is 1.62. The number of nitrogens with zero attached hydrogens (tertiary/aromatic N) is 4. The molecule has 7 heteroatoms. The molecule has 7 nitrogen and oxygen atoms in total. The second-order valence-corrected chi connectivity index (χ2v) is 6.97. The highest BCUT2D eigenvalue weighted by Gasteiger charge is 2.29. The van der Waals surface area contributed by atoms with Gasteiger partial charge in [-0.1, -0.05) is 0 Å². The lowest BCUT2D eigenvalue weighted by atomic mass is 10.1. The van der Waals surface area contributed by atoms with E-state index in [0.717, 1.165) is 65.9 Å². The molecule has 2 aliphatic rings. The third-order valence-corrected chi connectivity index (χ3v) is 5.10. The predicted octanol–water partition coefficient (Wildman–Crippen LogP) is 2.83. The predicted molar refractivity (Wildman–Crippen MR) is 100.0 cm³/mol. The molecule has 132 valence electrons. The lowest BCUT2D eigenvalue weighted by Crippen LogP contribution is -2.13. The SMILES string of the molecule is CNc1ncc(-c2nc3n(n2)CCC3)c2cc(NC(=O)C3CC3)ccc12. The smallest absolute Gasteiger partial charge is 0.227 e. The van der Waals surface area contributed by atoms with Crippen LogP contribution in [0.5, 0.6) is 0 Å². The van der Waals surface area contributed by atoms with E-state index in [4.69, 9.17) is 4.98 Å². The summed E-state index contributed by atoms with van der Waals surface area (Å²) in [6.07, 6.45) is 5.86. The summed E-state index contributed by atoms with van der Waals surface area (Å²) >= 11 is 0. The van der Waals surface area contributed by atoms with Crippen LogP contribution in [0.25, 0.3) is 22.2 Å². The summed E-state index contributed by atoms with van der Waals surface area (Å²) in [5.41, 5.74) is 1.69. The molecule has 1 aliphatic carbocycles. The van der Waals surface area contributed by atoms with Gasteiger partial charge in [0.25, 0.3) is 0 Å². The molecule has 3 aromatic rings. The molecule has 0 saturated heterocycles. The number of aryl methyl sites for hydroxylation is 2. The number of hydrogen-bond donors (Lipinski definition) is 2. The van der Waals surface area contributed by atoms with Crippen LogP contribution in [0.2, 0.25) is 0 Å². The van der Waals surface area contributed by atoms with Crippen molar-refractivity contribution >= 4 is 28.2 Å². The minimum Gasteiger partial charge on any atom is -0.373 e. The third-order valence-electron chi connectivity index (χ3n) is 5.10. The number of carbonyl (C=O) groups is 1. The Morgan fingerprint density at radius 1 is 1.27 bits per heavy atom. The van der Waals surface area contributed by atoms with E-state index in [1.807, 2.05) is 36.1 Å². The van der Waals surface area contributed by atoms with Crippen LogP contribution in [0.3, 0.4) is 0 Å². The van der Waals surface area contributed by atoms with Gasteiger partial charge in [-0.15, -0.1) is 0 Å². The first-order valence-corrected chi connectivity index (χ1v) is 9.08. The molecule has 1 aliphatic heterocycles. The average molecular weight is 348 g/mol. The van der Waals surface area contributed by atoms with E-state index in [-0.39, 0.29) is 11.8 Å². The number of rotatable bonds is 4. The summed E-state index contributed by atoms with van der Waals surface area (Å²) in [6, 6.07) is 5.92. The van der Waals surface area contributed by atoms with Crippen molar-refractivity contribution in [2.24, 2.45) is 5.92 Å². The number of carbonyl (C=O) groups excluding carboxylic acids is 1. The highest BCUT2D eigenvalue weighted by Crippen LogP contribution is 2.34. The Morgan fingerprint density at radius 2 is 2.15 bits per heavy atom. The molecule has 3 heterocycles. The molecule has 0 radical (unpaired) electrons. The lowest BCUT2D eigenvalue weighted by Gasteiger charge is -2.11. The first-order chi connectivity index (χ1) is 12.7. The van der Waals surface area contributed by atoms with Crippen molar-refractivity contribution in [1.29, 1.82) is 0 Å². The van der Waals surface area contributed by atoms with Crippen molar-refractivity contribution in [3.05, 3.63) is 30.2 Å². The molecule has 0 spiro atoms. The normalized spacial score (nSPS) is 15.9. The van der Waals surface area contributed by atoms with Gasteiger partial charge in [0.05, 0.1) is 0 Å². The topological polar surface area (TPSA) is 84.7 Å². The molecule has 5 rings (SSSR count). The van der Waals surface area contributed by atoms with Crippen LogP contribution in [0.4, 0.5) is 11.5 Å². The fourth-order valence-corrected chi connectivity index (χ4v) is 3.53. The van der Waals surface area contributed by atoms with Gasteiger partial charge in [0.1, 0.15) is 11.6 Å². The molecule has 0 unspecified atom stereocenters. The first kappa shape index (κ1) is 15.3. The van der Waals surface area contributed by atoms with E-state index in [2.05, 4.69) is 20.7 Å². The monoisotopic (exact) mass is 348 g/mol. The molecule has 0 bridgehead atoms. The molecule has 26 heavy (non-hydrogen) atoms. The molecule has 2 aromatic heterocycles. The molecular formula is C19H20N6O. The second kappa shape index (κ2) is 5.79. The summed E-state index contributed by atoms with van der Waals surface area (Å²) in [6.45, 7) is 0.922. The van der Waals surface area contributed by atoms with Gasteiger partial charge in [-0.3, -0.25) is 4.79 Å². The maximum atomic E-state index is 12.1. The number of nitrogens with one attached hydrogen (secondary N) is 2. The number of benzene rings is 1. The molecule has 1 fully saturated rings. The van der Waals surface area contributed by atoms with Crippen molar-refractivity contribution in [2.75, 3.05) is 17.7 Å². The standard InChI is InChI=1S/C19H20N6O/c1-20-17-13-7-6-12(22-19(26)11-4-5-11)9-14(13)15(10-21-17)18-23-16-3-2-8-25(16)24-18/h6-7,9-11H,2-5,8H2,1H3,(H,20,21)(H,22,26). The Kier molecular flexibility index (Phi) is 3.41. The summed E-state index contributed by atoms with van der Waals surface area (Å²) < 4.78 is 1.98. The Morgan fingerprint density at radius 3 is 2.92 bits per heavy atom. The van der Waals surface area contributed by atoms with Crippen LogP contribution >= 0.6 is 0 Å². The van der Waals surface area contributed by atoms with E-state index in [9.17, 15) is 4.79 Å². The van der Waals surface area contributed by atoms with Crippen LogP contribution in [-0.4, -0.2) is 32.7 Å². The van der Waals surface area contributed by atoms with E-state index >= 15 is 0 Å². The molecule has 0 atom stereocenters. The van der Waals surface area contributed by atoms with Crippen LogP contribution in [0.15, 0.2) is 24.4 Å². The zero-order valence-electron chi connectivity index (χ0n) is 14.6. The molecular weight excluding hydrogens is 328 g/mol. The van der Waals surface area contributed by atoms with Gasteiger partial charge in [0.2, 0.25) is 5.91 Å². The highest BCUT2D eigenvalue weighted by molar-refractivity contribution is 6.04. The second-order valence-electron chi connectivity index (χ2n) is 6.97. The average Bonchev–Trinajstić information content (AvgIpc) is 3.29. The van der Waals surface area contributed by atoms with E-state index in [0.29, 0.717) is 5.82 Å². The maximum Gasteiger partial charge on any atom is 0.227 e. The Hall–Kier alpha value is -2.96. The van der Waals surface area contributed by atoms with Crippen LogP contribution in [0.1, 0.15) is 25.1 Å². The van der Waals surface area contributed by atoms with E-state index in [1.165, 1.54) is 0 Å². The fraction of sp³-hybridized carbons (Fsp3) is 0.368. The van der Waals surface area contributed by atoms with Gasteiger partial charge in [-0.25, -0.2) is 14.6 Å². The van der Waals surface area contributed by atoms with Gasteiger partial charge < -0.3 is 10.6 Å². The number of aromatic nitrogens is 4. The Bertz CT molecular complexity index is 999. The summed E-state index contributed by atoms with van der Waals surface area (Å²) in [4.78, 5) is 21.3. The van der Waals surface area contributed by atoms with Crippen molar-refractivity contribution in [3.63, 3.8) is 0 Å². The highest BCUT2D eigenvalue weighted by atomic mass is 16.2. The third kappa shape index (κ3) is 2.51. The summed E-state index contributed by atoms with van der Waals surface area (Å²) in [5, 5.41) is 12.8. The van der Waals surface area contributed by atoms with Crippen molar-refractivity contribution in [3.8, 4) is 11.4 Å². The lowest BCUT2D eigenvalue weighted by molar-refractivity contribution is -0.117. The number of fused-ring (bicyclic) bond motifs is 2. The first-order valence-electron chi connectivity index (χ1n) is 9.08. The van der Waals surface area contributed by atoms with Crippen LogP contribution in [-0.2, 0) is 17.8 Å². The van der Waals surface area contributed by atoms with E-state index in [1.54, 1.807) is 0 Å². The number of hydrogen-bond acceptors (Lipinski definition) is 5. The molecule has 1 amide bonds.